The van der Waals surface area contributed by atoms with Crippen LogP contribution in [-0.4, -0.2) is 28.8 Å². The van der Waals surface area contributed by atoms with Gasteiger partial charge in [-0.05, 0) is 0 Å². The van der Waals surface area contributed by atoms with Crippen LogP contribution in [0.4, 0.5) is 0 Å². The lowest BCUT2D eigenvalue weighted by molar-refractivity contribution is 0.501. The van der Waals surface area contributed by atoms with Crippen LogP contribution in [0, 0.1) is 0 Å². The van der Waals surface area contributed by atoms with E-state index in [9.17, 15) is 0 Å². The van der Waals surface area contributed by atoms with Crippen LogP contribution in [0.15, 0.2) is 4.99 Å². The molecule has 8 heavy (non-hydrogen) atoms. The number of hydrogen-bond acceptors (Lipinski definition) is 4. The van der Waals surface area contributed by atoms with Crippen LogP contribution in [0.3, 0.4) is 0 Å². The van der Waals surface area contributed by atoms with E-state index in [4.69, 9.17) is 15.5 Å². The van der Waals surface area contributed by atoms with Crippen LogP contribution in [0.5, 0.6) is 0 Å². The first-order chi connectivity index (χ1) is 3.77. The van der Waals surface area contributed by atoms with Crippen molar-refractivity contribution in [3.8, 4) is 0 Å². The maximum absolute atomic E-state index is 8.21. The second kappa shape index (κ2) is 5.12. The first-order valence-electron chi connectivity index (χ1n) is 2.14. The van der Waals surface area contributed by atoms with Crippen LogP contribution < -0.4 is 5.73 Å². The summed E-state index contributed by atoms with van der Waals surface area (Å²) in [6.07, 6.45) is 0. The number of nitrogens with zero attached hydrogens (tertiary/aromatic N) is 1. The highest BCUT2D eigenvalue weighted by Gasteiger charge is 1.86. The summed E-state index contributed by atoms with van der Waals surface area (Å²) in [5, 5.41) is 0. The predicted molar refractivity (Wildman–Crippen MR) is 33.8 cm³/mol. The summed E-state index contributed by atoms with van der Waals surface area (Å²) in [6.45, 7) is 0.902. The van der Waals surface area contributed by atoms with Crippen molar-refractivity contribution in [1.29, 1.82) is 0 Å². The second-order valence-electron chi connectivity index (χ2n) is 1.13. The van der Waals surface area contributed by atoms with E-state index in [0.29, 0.717) is 13.1 Å². The fourth-order valence-electron chi connectivity index (χ4n) is 0.205. The van der Waals surface area contributed by atoms with Crippen LogP contribution in [0.2, 0.25) is 0 Å². The van der Waals surface area contributed by atoms with E-state index in [1.54, 1.807) is 0 Å². The van der Waals surface area contributed by atoms with E-state index in [-0.39, 0.29) is 0 Å². The van der Waals surface area contributed by atoms with Crippen molar-refractivity contribution in [2.24, 2.45) is 10.7 Å². The van der Waals surface area contributed by atoms with E-state index < -0.39 is 8.38 Å². The molecule has 0 bridgehead atoms. The Kier molecular flexibility index (Phi) is 5.11. The topological polar surface area (TPSA) is 78.8 Å². The molecule has 0 aliphatic heterocycles. The molecule has 0 aromatic rings. The van der Waals surface area contributed by atoms with Crippen molar-refractivity contribution in [3.63, 3.8) is 0 Å². The highest BCUT2D eigenvalue weighted by molar-refractivity contribution is 7.61. The van der Waals surface area contributed by atoms with Gasteiger partial charge in [-0.15, -0.1) is 0 Å². The summed E-state index contributed by atoms with van der Waals surface area (Å²) in [4.78, 5) is 20.0. The van der Waals surface area contributed by atoms with Crippen molar-refractivity contribution in [3.05, 3.63) is 0 Å². The summed E-state index contributed by atoms with van der Waals surface area (Å²) in [7, 11) is -1.96. The zero-order valence-corrected chi connectivity index (χ0v) is 5.25. The quantitative estimate of drug-likeness (QED) is 0.353. The molecule has 0 aliphatic rings. The summed E-state index contributed by atoms with van der Waals surface area (Å²) in [5.41, 5.74) is 5.04. The molecule has 4 nitrogen and oxygen atoms in total. The molecule has 0 spiro atoms. The van der Waals surface area contributed by atoms with Gasteiger partial charge in [0.1, 0.15) is 0 Å². The lowest BCUT2D eigenvalue weighted by atomic mass is 10.7. The third-order valence-electron chi connectivity index (χ3n) is 0.443. The third-order valence-corrected chi connectivity index (χ3v) is 0.813. The first kappa shape index (κ1) is 7.98. The minimum absolute atomic E-state index is 0.444. The van der Waals surface area contributed by atoms with Crippen LogP contribution in [0.25, 0.3) is 0 Å². The van der Waals surface area contributed by atoms with Crippen LogP contribution in [0.1, 0.15) is 0 Å². The Balaban J connectivity index is 3.07. The van der Waals surface area contributed by atoms with E-state index in [2.05, 4.69) is 4.99 Å². The van der Waals surface area contributed by atoms with Crippen molar-refractivity contribution >= 4 is 14.3 Å². The fraction of sp³-hybridized carbons (Fsp3) is 0.667. The van der Waals surface area contributed by atoms with Gasteiger partial charge in [-0.3, -0.25) is 4.99 Å². The van der Waals surface area contributed by atoms with E-state index in [0.717, 1.165) is 5.96 Å². The SMILES string of the molecule is NCCN=CP(O)O. The van der Waals surface area contributed by atoms with Crippen LogP contribution in [-0.2, 0) is 0 Å². The molecule has 0 aliphatic carbocycles. The molecular weight excluding hydrogens is 127 g/mol. The number of nitrogens with two attached hydrogens (primary N) is 1. The lowest BCUT2D eigenvalue weighted by Crippen LogP contribution is -2.01. The zero-order valence-electron chi connectivity index (χ0n) is 4.36. The van der Waals surface area contributed by atoms with Crippen LogP contribution >= 0.6 is 8.38 Å². The van der Waals surface area contributed by atoms with Gasteiger partial charge in [0.25, 0.3) is 0 Å². The first-order valence-corrected chi connectivity index (χ1v) is 3.46. The summed E-state index contributed by atoms with van der Waals surface area (Å²) >= 11 is 0. The minimum atomic E-state index is -1.96. The van der Waals surface area contributed by atoms with Gasteiger partial charge in [0, 0.05) is 6.54 Å². The highest BCUT2D eigenvalue weighted by atomic mass is 31.2. The molecule has 0 aromatic heterocycles. The molecular formula is C3H9N2O2P. The van der Waals surface area contributed by atoms with E-state index >= 15 is 0 Å². The molecule has 5 heteroatoms. The average Bonchev–Trinajstić information content (AvgIpc) is 1.66. The molecule has 0 radical (unpaired) electrons. The van der Waals surface area contributed by atoms with Crippen molar-refractivity contribution in [1.82, 2.24) is 0 Å². The Bertz CT molecular complexity index is 75.7. The van der Waals surface area contributed by atoms with Crippen molar-refractivity contribution in [2.75, 3.05) is 13.1 Å². The summed E-state index contributed by atoms with van der Waals surface area (Å²) in [5.74, 6) is 1.10. The summed E-state index contributed by atoms with van der Waals surface area (Å²) in [6, 6.07) is 0. The van der Waals surface area contributed by atoms with Gasteiger partial charge in [0.15, 0.2) is 0 Å². The molecule has 0 amide bonds. The monoisotopic (exact) mass is 136 g/mol. The van der Waals surface area contributed by atoms with Gasteiger partial charge < -0.3 is 15.5 Å². The Morgan fingerprint density at radius 2 is 2.25 bits per heavy atom. The van der Waals surface area contributed by atoms with Gasteiger partial charge in [0.2, 0.25) is 8.38 Å². The van der Waals surface area contributed by atoms with Gasteiger partial charge in [0.05, 0.1) is 12.5 Å². The molecule has 0 heterocycles. The van der Waals surface area contributed by atoms with E-state index in [1.165, 1.54) is 0 Å². The standard InChI is InChI=1S/C3H9N2O2P/c4-1-2-5-3-8(6)7/h3,6-7H,1-2,4H2. The Morgan fingerprint density at radius 1 is 1.62 bits per heavy atom. The Hall–Kier alpha value is -0.0200. The molecule has 0 atom stereocenters. The smallest absolute Gasteiger partial charge is 0.211 e. The van der Waals surface area contributed by atoms with Gasteiger partial charge in [-0.25, -0.2) is 0 Å². The number of aliphatic imine (C=N–C) groups is 1. The molecule has 0 fully saturated rings. The van der Waals surface area contributed by atoms with Gasteiger partial charge in [-0.2, -0.15) is 0 Å². The maximum atomic E-state index is 8.21. The normalized spacial score (nSPS) is 11.5. The molecule has 0 saturated carbocycles. The molecule has 0 rings (SSSR count). The molecule has 0 saturated heterocycles. The van der Waals surface area contributed by atoms with Crippen molar-refractivity contribution in [2.45, 2.75) is 0 Å². The van der Waals surface area contributed by atoms with Gasteiger partial charge >= 0.3 is 0 Å². The van der Waals surface area contributed by atoms with E-state index in [1.807, 2.05) is 0 Å². The highest BCUT2D eigenvalue weighted by Crippen LogP contribution is 2.16. The van der Waals surface area contributed by atoms with Crippen molar-refractivity contribution < 1.29 is 9.79 Å². The number of rotatable bonds is 3. The Morgan fingerprint density at radius 3 is 2.62 bits per heavy atom. The largest absolute Gasteiger partial charge is 0.346 e. The predicted octanol–water partition coefficient (Wildman–Crippen LogP) is -0.730. The molecule has 0 aromatic carbocycles. The minimum Gasteiger partial charge on any atom is -0.346 e. The Labute approximate surface area is 49.0 Å². The maximum Gasteiger partial charge on any atom is 0.211 e. The second-order valence-corrected chi connectivity index (χ2v) is 2.00. The number of hydrogen-bond donors (Lipinski definition) is 3. The lowest BCUT2D eigenvalue weighted by Gasteiger charge is -1.88. The van der Waals surface area contributed by atoms with Gasteiger partial charge in [-0.1, -0.05) is 0 Å². The molecule has 0 unspecified atom stereocenters. The molecule has 4 N–H and O–H groups in total. The fourth-order valence-corrected chi connectivity index (χ4v) is 0.467. The average molecular weight is 136 g/mol. The molecule has 48 valence electrons. The third kappa shape index (κ3) is 5.98. The summed E-state index contributed by atoms with van der Waals surface area (Å²) < 4.78 is 0. The zero-order chi connectivity index (χ0) is 6.41.